The largest absolute Gasteiger partial charge is 0.495 e. The van der Waals surface area contributed by atoms with E-state index in [1.807, 2.05) is 19.1 Å². The molecule has 0 unspecified atom stereocenters. The minimum atomic E-state index is -3.71. The summed E-state index contributed by atoms with van der Waals surface area (Å²) in [6.07, 6.45) is 0. The molecule has 6 nitrogen and oxygen atoms in total. The van der Waals surface area contributed by atoms with Gasteiger partial charge in [-0.3, -0.25) is 4.79 Å². The Bertz CT molecular complexity index is 900. The molecule has 0 radical (unpaired) electrons. The maximum absolute atomic E-state index is 12.4. The molecule has 1 N–H and O–H groups in total. The number of hydrogen-bond acceptors (Lipinski definition) is 4. The first kappa shape index (κ1) is 20.2. The Balaban J connectivity index is 2.15. The Kier molecular flexibility index (Phi) is 6.63. The van der Waals surface area contributed by atoms with Crippen molar-refractivity contribution >= 4 is 33.2 Å². The topological polar surface area (TPSA) is 75.7 Å². The number of nitrogens with zero attached hydrogens (tertiary/aromatic N) is 1. The molecule has 0 fully saturated rings. The number of nitrogens with one attached hydrogen (secondary N) is 1. The van der Waals surface area contributed by atoms with Gasteiger partial charge in [-0.2, -0.15) is 0 Å². The summed E-state index contributed by atoms with van der Waals surface area (Å²) in [5.41, 5.74) is 1.56. The third-order valence-electron chi connectivity index (χ3n) is 3.74. The Morgan fingerprint density at radius 3 is 2.58 bits per heavy atom. The van der Waals surface area contributed by atoms with Crippen molar-refractivity contribution < 1.29 is 17.9 Å². The van der Waals surface area contributed by atoms with Crippen LogP contribution in [-0.2, 0) is 14.8 Å². The van der Waals surface area contributed by atoms with Gasteiger partial charge >= 0.3 is 0 Å². The molecular formula is C18H21ClN2O4S. The number of anilines is 1. The molecule has 140 valence electrons. The number of sulfonamides is 1. The van der Waals surface area contributed by atoms with E-state index >= 15 is 0 Å². The first-order valence-corrected chi connectivity index (χ1v) is 9.78. The van der Waals surface area contributed by atoms with E-state index in [0.717, 1.165) is 5.56 Å². The van der Waals surface area contributed by atoms with Crippen molar-refractivity contribution in [1.29, 1.82) is 0 Å². The average Bonchev–Trinajstić information content (AvgIpc) is 2.58. The summed E-state index contributed by atoms with van der Waals surface area (Å²) in [5.74, 6) is 0.333. The maximum Gasteiger partial charge on any atom is 0.240 e. The van der Waals surface area contributed by atoms with Gasteiger partial charge in [0.1, 0.15) is 5.75 Å². The summed E-state index contributed by atoms with van der Waals surface area (Å²) in [4.78, 5) is 13.6. The van der Waals surface area contributed by atoms with Crippen LogP contribution in [0.15, 0.2) is 47.4 Å². The Hall–Kier alpha value is -2.09. The lowest BCUT2D eigenvalue weighted by molar-refractivity contribution is -0.116. The van der Waals surface area contributed by atoms with Crippen LogP contribution < -0.4 is 14.4 Å². The molecule has 0 bridgehead atoms. The highest BCUT2D eigenvalue weighted by molar-refractivity contribution is 7.89. The fourth-order valence-electron chi connectivity index (χ4n) is 2.47. The van der Waals surface area contributed by atoms with Crippen molar-refractivity contribution in [2.75, 3.05) is 25.1 Å². The number of ether oxygens (including phenoxy) is 1. The molecule has 1 amide bonds. The number of aryl methyl sites for hydroxylation is 1. The van der Waals surface area contributed by atoms with E-state index < -0.39 is 10.0 Å². The van der Waals surface area contributed by atoms with Crippen molar-refractivity contribution in [3.05, 3.63) is 53.1 Å². The normalized spacial score (nSPS) is 11.2. The standard InChI is InChI=1S/C18H21ClN2O4S/c1-13-7-8-18(25-3)17(11-13)21(14(2)22)10-9-20-26(23,24)16-6-4-5-15(19)12-16/h4-8,11-12,20H,9-10H2,1-3H3. The number of carbonyl (C=O) groups excluding carboxylic acids is 1. The Morgan fingerprint density at radius 2 is 1.96 bits per heavy atom. The number of carbonyl (C=O) groups is 1. The zero-order valence-electron chi connectivity index (χ0n) is 14.8. The minimum Gasteiger partial charge on any atom is -0.495 e. The fourth-order valence-corrected chi connectivity index (χ4v) is 3.79. The lowest BCUT2D eigenvalue weighted by Crippen LogP contribution is -2.37. The molecule has 0 atom stereocenters. The first-order chi connectivity index (χ1) is 12.2. The molecule has 0 heterocycles. The molecule has 0 spiro atoms. The molecule has 8 heteroatoms. The van der Waals surface area contributed by atoms with E-state index in [1.54, 1.807) is 18.2 Å². The van der Waals surface area contributed by atoms with Gasteiger partial charge in [0, 0.05) is 25.0 Å². The van der Waals surface area contributed by atoms with E-state index in [1.165, 1.54) is 31.1 Å². The van der Waals surface area contributed by atoms with Gasteiger partial charge in [0.2, 0.25) is 15.9 Å². The molecule has 0 saturated carbocycles. The first-order valence-electron chi connectivity index (χ1n) is 7.92. The number of halogens is 1. The van der Waals surface area contributed by atoms with Crippen LogP contribution in [0.25, 0.3) is 0 Å². The number of benzene rings is 2. The maximum atomic E-state index is 12.4. The Labute approximate surface area is 158 Å². The lowest BCUT2D eigenvalue weighted by atomic mass is 10.2. The van der Waals surface area contributed by atoms with E-state index in [2.05, 4.69) is 4.72 Å². The number of hydrogen-bond donors (Lipinski definition) is 1. The summed E-state index contributed by atoms with van der Waals surface area (Å²) >= 11 is 5.85. The Morgan fingerprint density at radius 1 is 1.23 bits per heavy atom. The molecule has 2 aromatic carbocycles. The SMILES string of the molecule is COc1ccc(C)cc1N(CCNS(=O)(=O)c1cccc(Cl)c1)C(C)=O. The van der Waals surface area contributed by atoms with Gasteiger partial charge in [-0.25, -0.2) is 13.1 Å². The van der Waals surface area contributed by atoms with Gasteiger partial charge in [0.25, 0.3) is 0 Å². The van der Waals surface area contributed by atoms with Crippen LogP contribution in [0.3, 0.4) is 0 Å². The fraction of sp³-hybridized carbons (Fsp3) is 0.278. The van der Waals surface area contributed by atoms with Gasteiger partial charge in [-0.1, -0.05) is 23.7 Å². The second-order valence-corrected chi connectivity index (χ2v) is 7.90. The molecule has 0 aromatic heterocycles. The van der Waals surface area contributed by atoms with Crippen LogP contribution in [0.2, 0.25) is 5.02 Å². The van der Waals surface area contributed by atoms with Crippen molar-refractivity contribution in [3.8, 4) is 5.75 Å². The molecule has 2 aromatic rings. The van der Waals surface area contributed by atoms with Crippen LogP contribution in [0, 0.1) is 6.92 Å². The molecular weight excluding hydrogens is 376 g/mol. The predicted molar refractivity (Wildman–Crippen MR) is 102 cm³/mol. The van der Waals surface area contributed by atoms with Crippen LogP contribution >= 0.6 is 11.6 Å². The number of amides is 1. The van der Waals surface area contributed by atoms with Crippen LogP contribution in [0.5, 0.6) is 5.75 Å². The molecule has 0 aliphatic carbocycles. The number of methoxy groups -OCH3 is 1. The summed E-state index contributed by atoms with van der Waals surface area (Å²) in [6, 6.07) is 11.5. The van der Waals surface area contributed by atoms with Crippen LogP contribution in [-0.4, -0.2) is 34.5 Å². The van der Waals surface area contributed by atoms with Crippen molar-refractivity contribution in [2.24, 2.45) is 0 Å². The highest BCUT2D eigenvalue weighted by Gasteiger charge is 2.19. The molecule has 0 saturated heterocycles. The third-order valence-corrected chi connectivity index (χ3v) is 5.43. The number of rotatable bonds is 7. The minimum absolute atomic E-state index is 0.0471. The summed E-state index contributed by atoms with van der Waals surface area (Å²) in [5, 5.41) is 0.336. The van der Waals surface area contributed by atoms with E-state index in [-0.39, 0.29) is 23.9 Å². The van der Waals surface area contributed by atoms with Gasteiger partial charge in [-0.15, -0.1) is 0 Å². The second kappa shape index (κ2) is 8.53. The summed E-state index contributed by atoms with van der Waals surface area (Å²) in [7, 11) is -2.19. The summed E-state index contributed by atoms with van der Waals surface area (Å²) in [6.45, 7) is 3.54. The predicted octanol–water partition coefficient (Wildman–Crippen LogP) is 2.99. The van der Waals surface area contributed by atoms with Crippen molar-refractivity contribution in [3.63, 3.8) is 0 Å². The molecule has 0 aliphatic heterocycles. The smallest absolute Gasteiger partial charge is 0.240 e. The third kappa shape index (κ3) is 4.97. The monoisotopic (exact) mass is 396 g/mol. The quantitative estimate of drug-likeness (QED) is 0.780. The zero-order valence-corrected chi connectivity index (χ0v) is 16.4. The summed E-state index contributed by atoms with van der Waals surface area (Å²) < 4.78 is 32.5. The van der Waals surface area contributed by atoms with Gasteiger partial charge in [0.15, 0.2) is 0 Å². The van der Waals surface area contributed by atoms with Crippen LogP contribution in [0.1, 0.15) is 12.5 Å². The van der Waals surface area contributed by atoms with Gasteiger partial charge < -0.3 is 9.64 Å². The van der Waals surface area contributed by atoms with Crippen molar-refractivity contribution in [1.82, 2.24) is 4.72 Å². The lowest BCUT2D eigenvalue weighted by Gasteiger charge is -2.24. The molecule has 2 rings (SSSR count). The molecule has 0 aliphatic rings. The molecule has 26 heavy (non-hydrogen) atoms. The van der Waals surface area contributed by atoms with Gasteiger partial charge in [0.05, 0.1) is 17.7 Å². The van der Waals surface area contributed by atoms with E-state index in [0.29, 0.717) is 16.5 Å². The second-order valence-electron chi connectivity index (χ2n) is 5.70. The average molecular weight is 397 g/mol. The van der Waals surface area contributed by atoms with Crippen LogP contribution in [0.4, 0.5) is 5.69 Å². The van der Waals surface area contributed by atoms with Crippen molar-refractivity contribution in [2.45, 2.75) is 18.7 Å². The van der Waals surface area contributed by atoms with E-state index in [4.69, 9.17) is 16.3 Å². The highest BCUT2D eigenvalue weighted by Crippen LogP contribution is 2.29. The highest BCUT2D eigenvalue weighted by atomic mass is 35.5. The van der Waals surface area contributed by atoms with E-state index in [9.17, 15) is 13.2 Å². The zero-order chi connectivity index (χ0) is 19.3. The van der Waals surface area contributed by atoms with Gasteiger partial charge in [-0.05, 0) is 42.8 Å².